The van der Waals surface area contributed by atoms with Gasteiger partial charge in [0.25, 0.3) is 0 Å². The standard InChI is InChI=1S/C15H22BrNO2/c1-4-8-18-14-7-6-13(10-17-5-2)15(9-14)19-11-12(3)16/h6-7,9,17H,3-5,8,10-11H2,1-2H3. The molecule has 0 aliphatic carbocycles. The molecule has 1 rings (SSSR count). The van der Waals surface area contributed by atoms with E-state index in [9.17, 15) is 0 Å². The largest absolute Gasteiger partial charge is 0.493 e. The summed E-state index contributed by atoms with van der Waals surface area (Å²) >= 11 is 3.30. The lowest BCUT2D eigenvalue weighted by molar-refractivity contribution is 0.311. The molecule has 0 amide bonds. The molecule has 1 N–H and O–H groups in total. The van der Waals surface area contributed by atoms with Gasteiger partial charge < -0.3 is 14.8 Å². The first-order valence-corrected chi connectivity index (χ1v) is 7.39. The van der Waals surface area contributed by atoms with Crippen LogP contribution in [0.2, 0.25) is 0 Å². The minimum atomic E-state index is 0.455. The molecule has 1 aromatic carbocycles. The maximum atomic E-state index is 5.75. The van der Waals surface area contributed by atoms with Gasteiger partial charge in [-0.25, -0.2) is 0 Å². The van der Waals surface area contributed by atoms with Crippen LogP contribution >= 0.6 is 15.9 Å². The Morgan fingerprint density at radius 2 is 2.11 bits per heavy atom. The number of halogens is 1. The van der Waals surface area contributed by atoms with Crippen LogP contribution in [0.1, 0.15) is 25.8 Å². The first-order chi connectivity index (χ1) is 9.17. The second-order valence-corrected chi connectivity index (χ2v) is 5.33. The highest BCUT2D eigenvalue weighted by Crippen LogP contribution is 2.26. The Balaban J connectivity index is 2.79. The molecule has 0 saturated heterocycles. The Morgan fingerprint density at radius 1 is 1.32 bits per heavy atom. The monoisotopic (exact) mass is 327 g/mol. The lowest BCUT2D eigenvalue weighted by atomic mass is 10.2. The molecule has 106 valence electrons. The van der Waals surface area contributed by atoms with Crippen molar-refractivity contribution in [2.75, 3.05) is 19.8 Å². The summed E-state index contributed by atoms with van der Waals surface area (Å²) in [6, 6.07) is 5.97. The molecular formula is C15H22BrNO2. The Hall–Kier alpha value is -1.00. The number of benzene rings is 1. The van der Waals surface area contributed by atoms with Crippen LogP contribution in [0, 0.1) is 0 Å². The highest BCUT2D eigenvalue weighted by Gasteiger charge is 2.06. The predicted octanol–water partition coefficient (Wildman–Crippen LogP) is 3.87. The van der Waals surface area contributed by atoms with E-state index in [0.717, 1.165) is 47.7 Å². The van der Waals surface area contributed by atoms with E-state index in [-0.39, 0.29) is 0 Å². The van der Waals surface area contributed by atoms with Gasteiger partial charge in [-0.05, 0) is 19.0 Å². The summed E-state index contributed by atoms with van der Waals surface area (Å²) < 4.78 is 12.2. The van der Waals surface area contributed by atoms with E-state index >= 15 is 0 Å². The molecule has 0 aliphatic rings. The molecule has 1 aromatic rings. The number of hydrogen-bond acceptors (Lipinski definition) is 3. The zero-order valence-corrected chi connectivity index (χ0v) is 13.3. The van der Waals surface area contributed by atoms with E-state index in [1.165, 1.54) is 0 Å². The van der Waals surface area contributed by atoms with E-state index < -0.39 is 0 Å². The van der Waals surface area contributed by atoms with Crippen LogP contribution in [-0.4, -0.2) is 19.8 Å². The Morgan fingerprint density at radius 3 is 2.74 bits per heavy atom. The highest BCUT2D eigenvalue weighted by molar-refractivity contribution is 9.11. The maximum absolute atomic E-state index is 5.75. The predicted molar refractivity (Wildman–Crippen MR) is 83.2 cm³/mol. The molecule has 19 heavy (non-hydrogen) atoms. The van der Waals surface area contributed by atoms with E-state index in [1.807, 2.05) is 18.2 Å². The van der Waals surface area contributed by atoms with Crippen LogP contribution in [0.25, 0.3) is 0 Å². The van der Waals surface area contributed by atoms with Crippen molar-refractivity contribution >= 4 is 15.9 Å². The van der Waals surface area contributed by atoms with Crippen molar-refractivity contribution in [2.24, 2.45) is 0 Å². The van der Waals surface area contributed by atoms with E-state index in [0.29, 0.717) is 6.61 Å². The van der Waals surface area contributed by atoms with Gasteiger partial charge in [0.1, 0.15) is 18.1 Å². The van der Waals surface area contributed by atoms with Crippen LogP contribution in [0.5, 0.6) is 11.5 Å². The quantitative estimate of drug-likeness (QED) is 0.746. The molecule has 0 fully saturated rings. The number of rotatable bonds is 9. The lowest BCUT2D eigenvalue weighted by Crippen LogP contribution is -2.13. The molecule has 0 spiro atoms. The smallest absolute Gasteiger partial charge is 0.128 e. The minimum Gasteiger partial charge on any atom is -0.493 e. The summed E-state index contributed by atoms with van der Waals surface area (Å²) in [6.07, 6.45) is 0.994. The maximum Gasteiger partial charge on any atom is 0.128 e. The second-order valence-electron chi connectivity index (χ2n) is 4.20. The van der Waals surface area contributed by atoms with Crippen molar-refractivity contribution < 1.29 is 9.47 Å². The molecule has 0 radical (unpaired) electrons. The lowest BCUT2D eigenvalue weighted by Gasteiger charge is -2.14. The minimum absolute atomic E-state index is 0.455. The van der Waals surface area contributed by atoms with Crippen molar-refractivity contribution in [1.29, 1.82) is 0 Å². The Labute approximate surface area is 124 Å². The van der Waals surface area contributed by atoms with Gasteiger partial charge in [-0.3, -0.25) is 0 Å². The van der Waals surface area contributed by atoms with Crippen molar-refractivity contribution in [3.8, 4) is 11.5 Å². The summed E-state index contributed by atoms with van der Waals surface area (Å²) in [6.45, 7) is 10.8. The normalized spacial score (nSPS) is 10.3. The van der Waals surface area contributed by atoms with Gasteiger partial charge in [0.2, 0.25) is 0 Å². The van der Waals surface area contributed by atoms with E-state index in [4.69, 9.17) is 9.47 Å². The van der Waals surface area contributed by atoms with Gasteiger partial charge in [-0.15, -0.1) is 0 Å². The molecule has 0 bridgehead atoms. The number of nitrogens with one attached hydrogen (secondary N) is 1. The van der Waals surface area contributed by atoms with Crippen molar-refractivity contribution in [3.05, 3.63) is 34.8 Å². The van der Waals surface area contributed by atoms with Crippen LogP contribution in [0.15, 0.2) is 29.3 Å². The molecule has 0 aromatic heterocycles. The second kappa shape index (κ2) is 8.99. The molecule has 0 saturated carbocycles. The third-order valence-electron chi connectivity index (χ3n) is 2.46. The van der Waals surface area contributed by atoms with Gasteiger partial charge in [0, 0.05) is 22.7 Å². The summed E-state index contributed by atoms with van der Waals surface area (Å²) in [5.74, 6) is 1.69. The fraction of sp³-hybridized carbons (Fsp3) is 0.467. The van der Waals surface area contributed by atoms with Crippen LogP contribution in [-0.2, 0) is 6.54 Å². The van der Waals surface area contributed by atoms with E-state index in [1.54, 1.807) is 0 Å². The highest BCUT2D eigenvalue weighted by atomic mass is 79.9. The van der Waals surface area contributed by atoms with E-state index in [2.05, 4.69) is 41.7 Å². The first-order valence-electron chi connectivity index (χ1n) is 6.59. The zero-order valence-electron chi connectivity index (χ0n) is 11.7. The number of hydrogen-bond donors (Lipinski definition) is 1. The van der Waals surface area contributed by atoms with Crippen molar-refractivity contribution in [3.63, 3.8) is 0 Å². The number of ether oxygens (including phenoxy) is 2. The molecule has 4 heteroatoms. The van der Waals surface area contributed by atoms with Gasteiger partial charge >= 0.3 is 0 Å². The van der Waals surface area contributed by atoms with Crippen LogP contribution in [0.3, 0.4) is 0 Å². The molecule has 0 atom stereocenters. The summed E-state index contributed by atoms with van der Waals surface area (Å²) in [5.41, 5.74) is 1.12. The van der Waals surface area contributed by atoms with Gasteiger partial charge in [0.05, 0.1) is 6.61 Å². The average Bonchev–Trinajstić information content (AvgIpc) is 2.41. The van der Waals surface area contributed by atoms with Crippen LogP contribution < -0.4 is 14.8 Å². The van der Waals surface area contributed by atoms with Crippen molar-refractivity contribution in [1.82, 2.24) is 5.32 Å². The van der Waals surface area contributed by atoms with Gasteiger partial charge in [-0.1, -0.05) is 42.4 Å². The third-order valence-corrected chi connectivity index (χ3v) is 2.69. The fourth-order valence-electron chi connectivity index (χ4n) is 1.54. The molecular weight excluding hydrogens is 306 g/mol. The summed E-state index contributed by atoms with van der Waals surface area (Å²) in [7, 11) is 0. The van der Waals surface area contributed by atoms with Crippen molar-refractivity contribution in [2.45, 2.75) is 26.8 Å². The fourth-order valence-corrected chi connectivity index (χ4v) is 1.66. The summed E-state index contributed by atoms with van der Waals surface area (Å²) in [4.78, 5) is 0. The first kappa shape index (κ1) is 16.1. The van der Waals surface area contributed by atoms with Gasteiger partial charge in [-0.2, -0.15) is 0 Å². The Bertz CT molecular complexity index is 407. The Kier molecular flexibility index (Phi) is 7.60. The molecule has 0 heterocycles. The zero-order chi connectivity index (χ0) is 14.1. The average molecular weight is 328 g/mol. The molecule has 0 aliphatic heterocycles. The van der Waals surface area contributed by atoms with Crippen LogP contribution in [0.4, 0.5) is 0 Å². The molecule has 3 nitrogen and oxygen atoms in total. The topological polar surface area (TPSA) is 30.5 Å². The van der Waals surface area contributed by atoms with Gasteiger partial charge in [0.15, 0.2) is 0 Å². The summed E-state index contributed by atoms with van der Waals surface area (Å²) in [5, 5.41) is 3.30. The SMILES string of the molecule is C=C(Br)COc1cc(OCCC)ccc1CNCC. The molecule has 0 unspecified atom stereocenters. The third kappa shape index (κ3) is 6.12.